The Balaban J connectivity index is 2.17. The maximum atomic E-state index is 13.3. The standard InChI is InChI=1S/C26H35N3O5/c1-18(28-25(32)34-26(2,3)4)22(27-17-20-14-10-7-11-15-20)23(30)29-21(24(31)33-5)16-19-12-8-6-9-13-19/h6-15,18,21-22,27H,16-17H2,1-5H3,(H,28,32)(H,29,30)/t18-,21-,22+/m0/s1. The average molecular weight is 470 g/mol. The van der Waals surface area contributed by atoms with Crippen LogP contribution in [0.2, 0.25) is 0 Å². The van der Waals surface area contributed by atoms with Gasteiger partial charge in [0.15, 0.2) is 0 Å². The number of ether oxygens (including phenoxy) is 2. The van der Waals surface area contributed by atoms with Gasteiger partial charge in [-0.1, -0.05) is 60.7 Å². The predicted octanol–water partition coefficient (Wildman–Crippen LogP) is 2.96. The van der Waals surface area contributed by atoms with Gasteiger partial charge in [0.25, 0.3) is 0 Å². The van der Waals surface area contributed by atoms with Crippen molar-refractivity contribution in [2.75, 3.05) is 7.11 Å². The quantitative estimate of drug-likeness (QED) is 0.462. The maximum Gasteiger partial charge on any atom is 0.407 e. The number of carbonyl (C=O) groups excluding carboxylic acids is 3. The van der Waals surface area contributed by atoms with Crippen LogP contribution < -0.4 is 16.0 Å². The van der Waals surface area contributed by atoms with E-state index in [0.717, 1.165) is 11.1 Å². The lowest BCUT2D eigenvalue weighted by molar-refractivity contribution is -0.145. The topological polar surface area (TPSA) is 106 Å². The molecule has 8 heteroatoms. The van der Waals surface area contributed by atoms with Gasteiger partial charge in [-0.3, -0.25) is 4.79 Å². The van der Waals surface area contributed by atoms with Gasteiger partial charge in [-0.25, -0.2) is 9.59 Å². The van der Waals surface area contributed by atoms with Crippen LogP contribution in [-0.4, -0.2) is 48.8 Å². The van der Waals surface area contributed by atoms with Gasteiger partial charge < -0.3 is 25.4 Å². The summed E-state index contributed by atoms with van der Waals surface area (Å²) >= 11 is 0. The molecule has 8 nitrogen and oxygen atoms in total. The summed E-state index contributed by atoms with van der Waals surface area (Å²) in [7, 11) is 1.28. The summed E-state index contributed by atoms with van der Waals surface area (Å²) in [4.78, 5) is 38.1. The molecule has 0 spiro atoms. The summed E-state index contributed by atoms with van der Waals surface area (Å²) in [6.07, 6.45) is -0.355. The zero-order valence-corrected chi connectivity index (χ0v) is 20.5. The maximum absolute atomic E-state index is 13.3. The zero-order chi connectivity index (χ0) is 25.1. The number of hydrogen-bond donors (Lipinski definition) is 3. The van der Waals surface area contributed by atoms with Crippen LogP contribution in [0.15, 0.2) is 60.7 Å². The van der Waals surface area contributed by atoms with Crippen molar-refractivity contribution >= 4 is 18.0 Å². The Hall–Kier alpha value is -3.39. The van der Waals surface area contributed by atoms with Gasteiger partial charge in [-0.15, -0.1) is 0 Å². The Kier molecular flexibility index (Phi) is 10.1. The van der Waals surface area contributed by atoms with Crippen molar-refractivity contribution in [2.45, 2.75) is 64.4 Å². The molecule has 2 aromatic carbocycles. The second-order valence-corrected chi connectivity index (χ2v) is 9.05. The highest BCUT2D eigenvalue weighted by Gasteiger charge is 2.31. The molecule has 184 valence electrons. The van der Waals surface area contributed by atoms with Crippen LogP contribution in [-0.2, 0) is 32.0 Å². The third-order valence-electron chi connectivity index (χ3n) is 4.98. The number of carbonyl (C=O) groups is 3. The number of benzene rings is 2. The highest BCUT2D eigenvalue weighted by Crippen LogP contribution is 2.09. The molecule has 2 amide bonds. The van der Waals surface area contributed by atoms with Crippen molar-refractivity contribution in [1.29, 1.82) is 0 Å². The van der Waals surface area contributed by atoms with Crippen LogP contribution >= 0.6 is 0 Å². The van der Waals surface area contributed by atoms with E-state index < -0.39 is 41.7 Å². The molecule has 2 aromatic rings. The molecule has 0 aromatic heterocycles. The second-order valence-electron chi connectivity index (χ2n) is 9.05. The lowest BCUT2D eigenvalue weighted by Crippen LogP contribution is -2.59. The molecule has 0 saturated heterocycles. The molecule has 0 radical (unpaired) electrons. The number of nitrogens with one attached hydrogen (secondary N) is 3. The normalized spacial score (nSPS) is 13.8. The van der Waals surface area contributed by atoms with E-state index in [2.05, 4.69) is 16.0 Å². The van der Waals surface area contributed by atoms with Crippen molar-refractivity contribution in [2.24, 2.45) is 0 Å². The first-order valence-corrected chi connectivity index (χ1v) is 11.3. The van der Waals surface area contributed by atoms with Crippen LogP contribution in [0, 0.1) is 0 Å². The van der Waals surface area contributed by atoms with Gasteiger partial charge in [-0.05, 0) is 38.8 Å². The SMILES string of the molecule is COC(=O)[C@H](Cc1ccccc1)NC(=O)[C@H](NCc1ccccc1)[C@H](C)NC(=O)OC(C)(C)C. The monoisotopic (exact) mass is 469 g/mol. The van der Waals surface area contributed by atoms with Gasteiger partial charge in [0.2, 0.25) is 5.91 Å². The first kappa shape index (κ1) is 26.9. The van der Waals surface area contributed by atoms with Gasteiger partial charge in [0.05, 0.1) is 13.2 Å². The smallest absolute Gasteiger partial charge is 0.407 e. The van der Waals surface area contributed by atoms with Gasteiger partial charge >= 0.3 is 12.1 Å². The van der Waals surface area contributed by atoms with Crippen LogP contribution in [0.25, 0.3) is 0 Å². The Morgan fingerprint density at radius 2 is 1.44 bits per heavy atom. The highest BCUT2D eigenvalue weighted by atomic mass is 16.6. The minimum Gasteiger partial charge on any atom is -0.467 e. The third kappa shape index (κ3) is 9.23. The molecule has 3 atom stereocenters. The molecule has 0 aliphatic carbocycles. The predicted molar refractivity (Wildman–Crippen MR) is 130 cm³/mol. The van der Waals surface area contributed by atoms with Gasteiger partial charge in [0.1, 0.15) is 17.7 Å². The van der Waals surface area contributed by atoms with E-state index >= 15 is 0 Å². The molecule has 34 heavy (non-hydrogen) atoms. The number of amides is 2. The van der Waals surface area contributed by atoms with E-state index in [1.807, 2.05) is 60.7 Å². The molecular weight excluding hydrogens is 434 g/mol. The fraction of sp³-hybridized carbons (Fsp3) is 0.423. The lowest BCUT2D eigenvalue weighted by Gasteiger charge is -2.28. The third-order valence-corrected chi connectivity index (χ3v) is 4.98. The fourth-order valence-corrected chi connectivity index (χ4v) is 3.34. The van der Waals surface area contributed by atoms with E-state index in [0.29, 0.717) is 6.54 Å². The number of hydrogen-bond acceptors (Lipinski definition) is 6. The summed E-state index contributed by atoms with van der Waals surface area (Å²) < 4.78 is 10.2. The molecule has 0 aliphatic heterocycles. The minimum absolute atomic E-state index is 0.276. The molecule has 0 saturated carbocycles. The largest absolute Gasteiger partial charge is 0.467 e. The summed E-state index contributed by atoms with van der Waals surface area (Å²) in [5.41, 5.74) is 1.18. The molecule has 0 heterocycles. The molecule has 3 N–H and O–H groups in total. The molecule has 0 bridgehead atoms. The highest BCUT2D eigenvalue weighted by molar-refractivity contribution is 5.88. The summed E-state index contributed by atoms with van der Waals surface area (Å²) in [6, 6.07) is 16.6. The van der Waals surface area contributed by atoms with Crippen LogP contribution in [0.3, 0.4) is 0 Å². The number of esters is 1. The lowest BCUT2D eigenvalue weighted by atomic mass is 10.0. The minimum atomic E-state index is -0.880. The second kappa shape index (κ2) is 12.7. The fourth-order valence-electron chi connectivity index (χ4n) is 3.34. The van der Waals surface area contributed by atoms with E-state index in [-0.39, 0.29) is 6.42 Å². The van der Waals surface area contributed by atoms with E-state index in [1.165, 1.54) is 7.11 Å². The average Bonchev–Trinajstić information content (AvgIpc) is 2.78. The number of rotatable bonds is 10. The molecule has 0 unspecified atom stereocenters. The van der Waals surface area contributed by atoms with Crippen molar-refractivity contribution in [3.05, 3.63) is 71.8 Å². The molecule has 0 fully saturated rings. The van der Waals surface area contributed by atoms with Gasteiger partial charge in [0, 0.05) is 13.0 Å². The number of methoxy groups -OCH3 is 1. The number of alkyl carbamates (subject to hydrolysis) is 1. The Bertz CT molecular complexity index is 928. The van der Waals surface area contributed by atoms with E-state index in [4.69, 9.17) is 9.47 Å². The van der Waals surface area contributed by atoms with Crippen LogP contribution in [0.5, 0.6) is 0 Å². The van der Waals surface area contributed by atoms with Crippen molar-refractivity contribution in [3.8, 4) is 0 Å². The Morgan fingerprint density at radius 1 is 0.882 bits per heavy atom. The first-order valence-electron chi connectivity index (χ1n) is 11.3. The summed E-state index contributed by atoms with van der Waals surface area (Å²) in [6.45, 7) is 7.39. The van der Waals surface area contributed by atoms with E-state index in [1.54, 1.807) is 27.7 Å². The van der Waals surface area contributed by atoms with Crippen molar-refractivity contribution in [1.82, 2.24) is 16.0 Å². The first-order chi connectivity index (χ1) is 16.1. The molecule has 2 rings (SSSR count). The van der Waals surface area contributed by atoms with Crippen LogP contribution in [0.1, 0.15) is 38.8 Å². The summed E-state index contributed by atoms with van der Waals surface area (Å²) in [5, 5.41) is 8.70. The van der Waals surface area contributed by atoms with Crippen LogP contribution in [0.4, 0.5) is 4.79 Å². The Morgan fingerprint density at radius 3 is 1.97 bits per heavy atom. The zero-order valence-electron chi connectivity index (χ0n) is 20.5. The molecular formula is C26H35N3O5. The van der Waals surface area contributed by atoms with E-state index in [9.17, 15) is 14.4 Å². The Labute approximate surface area is 201 Å². The summed E-state index contributed by atoms with van der Waals surface area (Å²) in [5.74, 6) is -0.988. The molecule has 0 aliphatic rings. The van der Waals surface area contributed by atoms with Crippen molar-refractivity contribution < 1.29 is 23.9 Å². The van der Waals surface area contributed by atoms with Gasteiger partial charge in [-0.2, -0.15) is 0 Å². The van der Waals surface area contributed by atoms with Crippen molar-refractivity contribution in [3.63, 3.8) is 0 Å².